The van der Waals surface area contributed by atoms with E-state index < -0.39 is 7.60 Å². The van der Waals surface area contributed by atoms with Crippen LogP contribution in [0.4, 0.5) is 0 Å². The Kier molecular flexibility index (Phi) is 6.06. The highest BCUT2D eigenvalue weighted by molar-refractivity contribution is 7.99. The number of rotatable bonds is 7. The first-order chi connectivity index (χ1) is 10.5. The Morgan fingerprint density at radius 3 is 2.09 bits per heavy atom. The van der Waals surface area contributed by atoms with E-state index in [-0.39, 0.29) is 18.7 Å². The number of ether oxygens (including phenoxy) is 1. The van der Waals surface area contributed by atoms with Gasteiger partial charge in [0.15, 0.2) is 6.79 Å². The first-order valence-corrected chi connectivity index (χ1v) is 9.04. The summed E-state index contributed by atoms with van der Waals surface area (Å²) in [5.74, 6) is 0.597. The molecule has 0 aliphatic rings. The molecule has 0 amide bonds. The van der Waals surface area contributed by atoms with Gasteiger partial charge < -0.3 is 19.3 Å². The van der Waals surface area contributed by atoms with Crippen molar-refractivity contribution in [2.45, 2.75) is 16.7 Å². The van der Waals surface area contributed by atoms with Crippen LogP contribution >= 0.6 is 19.4 Å². The lowest BCUT2D eigenvalue weighted by Gasteiger charge is -2.11. The summed E-state index contributed by atoms with van der Waals surface area (Å²) < 4.78 is 21.7. The molecule has 7 heteroatoms. The van der Waals surface area contributed by atoms with Gasteiger partial charge in [0.25, 0.3) is 0 Å². The maximum absolute atomic E-state index is 11.9. The molecule has 2 aromatic rings. The predicted octanol–water partition coefficient (Wildman–Crippen LogP) is 3.01. The number of hydrogen-bond acceptors (Lipinski definition) is 5. The van der Waals surface area contributed by atoms with E-state index in [0.29, 0.717) is 5.75 Å². The zero-order valence-electron chi connectivity index (χ0n) is 12.0. The van der Waals surface area contributed by atoms with Crippen LogP contribution in [-0.2, 0) is 9.09 Å². The van der Waals surface area contributed by atoms with Crippen molar-refractivity contribution in [1.29, 1.82) is 0 Å². The largest absolute Gasteiger partial charge is 0.468 e. The predicted molar refractivity (Wildman–Crippen MR) is 85.8 cm³/mol. The maximum Gasteiger partial charge on any atom is 0.358 e. The van der Waals surface area contributed by atoms with Gasteiger partial charge in [0.1, 0.15) is 5.75 Å². The number of aliphatic hydroxyl groups excluding tert-OH is 1. The van der Waals surface area contributed by atoms with Crippen LogP contribution < -0.4 is 10.0 Å². The van der Waals surface area contributed by atoms with Gasteiger partial charge in [-0.1, -0.05) is 11.8 Å². The molecule has 0 radical (unpaired) electrons. The van der Waals surface area contributed by atoms with Gasteiger partial charge in [-0.3, -0.25) is 4.57 Å². The van der Waals surface area contributed by atoms with E-state index in [1.807, 2.05) is 12.1 Å². The van der Waals surface area contributed by atoms with Crippen molar-refractivity contribution < 1.29 is 23.8 Å². The molecule has 0 aliphatic carbocycles. The third-order valence-electron chi connectivity index (χ3n) is 2.76. The van der Waals surface area contributed by atoms with E-state index in [9.17, 15) is 9.46 Å². The minimum absolute atomic E-state index is 0.187. The van der Waals surface area contributed by atoms with Gasteiger partial charge in [-0.05, 0) is 55.5 Å². The molecule has 2 aromatic carbocycles. The minimum Gasteiger partial charge on any atom is -0.468 e. The highest BCUT2D eigenvalue weighted by atomic mass is 32.2. The number of aliphatic hydroxyl groups is 1. The third kappa shape index (κ3) is 4.60. The van der Waals surface area contributed by atoms with Crippen molar-refractivity contribution in [3.05, 3.63) is 48.5 Å². The van der Waals surface area contributed by atoms with Gasteiger partial charge in [0.2, 0.25) is 0 Å². The summed E-state index contributed by atoms with van der Waals surface area (Å²) in [6.45, 7) is 1.51. The molecular weight excluding hydrogens is 323 g/mol. The van der Waals surface area contributed by atoms with Crippen molar-refractivity contribution in [2.75, 3.05) is 13.4 Å². The molecule has 0 fully saturated rings. The van der Waals surface area contributed by atoms with Crippen LogP contribution in [0.15, 0.2) is 58.3 Å². The normalized spacial score (nSPS) is 13.6. The van der Waals surface area contributed by atoms with Crippen LogP contribution in [-0.4, -0.2) is 23.4 Å². The van der Waals surface area contributed by atoms with E-state index in [1.54, 1.807) is 43.3 Å². The third-order valence-corrected chi connectivity index (χ3v) is 5.33. The zero-order valence-corrected chi connectivity index (χ0v) is 13.7. The van der Waals surface area contributed by atoms with Gasteiger partial charge in [-0.25, -0.2) is 0 Å². The Morgan fingerprint density at radius 2 is 1.59 bits per heavy atom. The summed E-state index contributed by atoms with van der Waals surface area (Å²) in [6.07, 6.45) is 0. The van der Waals surface area contributed by atoms with Gasteiger partial charge in [-0.15, -0.1) is 0 Å². The molecule has 2 rings (SSSR count). The molecule has 0 aliphatic heterocycles. The molecule has 1 atom stereocenters. The monoisotopic (exact) mass is 340 g/mol. The molecule has 1 unspecified atom stereocenters. The van der Waals surface area contributed by atoms with Gasteiger partial charge in [0.05, 0.1) is 11.9 Å². The van der Waals surface area contributed by atoms with Gasteiger partial charge in [-0.2, -0.15) is 0 Å². The topological polar surface area (TPSA) is 76.0 Å². The van der Waals surface area contributed by atoms with Crippen molar-refractivity contribution in [2.24, 2.45) is 0 Å². The summed E-state index contributed by atoms with van der Waals surface area (Å²) in [5, 5.41) is 8.96. The summed E-state index contributed by atoms with van der Waals surface area (Å²) >= 11 is 1.52. The van der Waals surface area contributed by atoms with Crippen molar-refractivity contribution in [3.8, 4) is 5.75 Å². The lowest BCUT2D eigenvalue weighted by atomic mass is 10.3. The Morgan fingerprint density at radius 1 is 1.05 bits per heavy atom. The second-order valence-electron chi connectivity index (χ2n) is 4.28. The lowest BCUT2D eigenvalue weighted by molar-refractivity contribution is 0.0985. The van der Waals surface area contributed by atoms with Crippen LogP contribution in [0.1, 0.15) is 6.92 Å². The highest BCUT2D eigenvalue weighted by Gasteiger charge is 2.21. The summed E-state index contributed by atoms with van der Waals surface area (Å²) in [4.78, 5) is 11.7. The standard InChI is InChI=1S/C15H17O5PS/c1-2-20-21(17,18)13-5-9-15(10-6-13)22-14-7-3-12(4-8-14)19-11-16/h3-10,16H,2,11H2,1H3,(H,17,18). The molecule has 0 saturated carbocycles. The molecule has 0 saturated heterocycles. The zero-order chi connectivity index (χ0) is 16.0. The average Bonchev–Trinajstić information content (AvgIpc) is 2.50. The van der Waals surface area contributed by atoms with Gasteiger partial charge in [0, 0.05) is 9.79 Å². The Labute approximate surface area is 133 Å². The fraction of sp³-hybridized carbons (Fsp3) is 0.200. The fourth-order valence-corrected chi connectivity index (χ4v) is 3.61. The second kappa shape index (κ2) is 7.81. The Hall–Kier alpha value is -1.30. The quantitative estimate of drug-likeness (QED) is 0.596. The van der Waals surface area contributed by atoms with Crippen LogP contribution in [0.5, 0.6) is 5.75 Å². The Bertz CT molecular complexity index is 642. The molecule has 2 N–H and O–H groups in total. The van der Waals surface area contributed by atoms with E-state index >= 15 is 0 Å². The number of benzene rings is 2. The molecule has 0 spiro atoms. The first kappa shape index (κ1) is 17.1. The average molecular weight is 340 g/mol. The summed E-state index contributed by atoms with van der Waals surface area (Å²) in [5.41, 5.74) is 0. The van der Waals surface area contributed by atoms with Crippen LogP contribution in [0.2, 0.25) is 0 Å². The minimum atomic E-state index is -3.71. The van der Waals surface area contributed by atoms with E-state index in [4.69, 9.17) is 14.4 Å². The van der Waals surface area contributed by atoms with E-state index in [0.717, 1.165) is 9.79 Å². The number of hydrogen-bond donors (Lipinski definition) is 2. The van der Waals surface area contributed by atoms with Crippen molar-refractivity contribution in [1.82, 2.24) is 0 Å². The maximum atomic E-state index is 11.9. The highest BCUT2D eigenvalue weighted by Crippen LogP contribution is 2.41. The molecule has 0 aromatic heterocycles. The van der Waals surface area contributed by atoms with Crippen molar-refractivity contribution >= 4 is 24.7 Å². The lowest BCUT2D eigenvalue weighted by Crippen LogP contribution is -2.06. The summed E-state index contributed by atoms with van der Waals surface area (Å²) in [6, 6.07) is 14.0. The van der Waals surface area contributed by atoms with Crippen molar-refractivity contribution in [3.63, 3.8) is 0 Å². The first-order valence-electron chi connectivity index (χ1n) is 6.64. The second-order valence-corrected chi connectivity index (χ2v) is 7.24. The van der Waals surface area contributed by atoms with Crippen LogP contribution in [0, 0.1) is 0 Å². The molecule has 22 heavy (non-hydrogen) atoms. The Balaban J connectivity index is 2.06. The smallest absolute Gasteiger partial charge is 0.358 e. The molecule has 0 bridgehead atoms. The summed E-state index contributed by atoms with van der Waals surface area (Å²) in [7, 11) is -3.71. The van der Waals surface area contributed by atoms with E-state index in [2.05, 4.69) is 0 Å². The fourth-order valence-electron chi connectivity index (χ4n) is 1.77. The molecular formula is C15H17O5PS. The molecule has 118 valence electrons. The van der Waals surface area contributed by atoms with E-state index in [1.165, 1.54) is 11.8 Å². The SMILES string of the molecule is CCOP(=O)(O)c1ccc(Sc2ccc(OCO)cc2)cc1. The van der Waals surface area contributed by atoms with Crippen LogP contribution in [0.25, 0.3) is 0 Å². The van der Waals surface area contributed by atoms with Gasteiger partial charge >= 0.3 is 7.60 Å². The van der Waals surface area contributed by atoms with Crippen LogP contribution in [0.3, 0.4) is 0 Å². The molecule has 0 heterocycles. The molecule has 5 nitrogen and oxygen atoms in total.